The maximum Gasteiger partial charge on any atom is 0.315 e. The molecule has 10 nitrogen and oxygen atoms in total. The molecule has 2 heterocycles. The maximum atomic E-state index is 14.6. The molecule has 0 spiro atoms. The quantitative estimate of drug-likeness (QED) is 0.236. The van der Waals surface area contributed by atoms with Gasteiger partial charge >= 0.3 is 12.0 Å². The second-order valence-corrected chi connectivity index (χ2v) is 12.4. The summed E-state index contributed by atoms with van der Waals surface area (Å²) >= 11 is 0. The Morgan fingerprint density at radius 2 is 1.70 bits per heavy atom. The molecule has 246 valence electrons. The van der Waals surface area contributed by atoms with Crippen LogP contribution in [0.4, 0.5) is 4.79 Å². The molecule has 0 radical (unpaired) electrons. The Bertz CT molecular complexity index is 1400. The van der Waals surface area contributed by atoms with Crippen molar-refractivity contribution in [1.82, 2.24) is 25.5 Å². The summed E-state index contributed by atoms with van der Waals surface area (Å²) in [7, 11) is 1.62. The van der Waals surface area contributed by atoms with Gasteiger partial charge in [-0.05, 0) is 61.8 Å². The fourth-order valence-corrected chi connectivity index (χ4v) is 7.29. The predicted molar refractivity (Wildman–Crippen MR) is 175 cm³/mol. The van der Waals surface area contributed by atoms with Gasteiger partial charge in [0.05, 0.1) is 25.5 Å². The van der Waals surface area contributed by atoms with Crippen molar-refractivity contribution in [2.24, 2.45) is 11.3 Å². The number of hydrogen-bond acceptors (Lipinski definition) is 6. The van der Waals surface area contributed by atoms with Gasteiger partial charge in [0, 0.05) is 43.9 Å². The maximum absolute atomic E-state index is 14.6. The molecule has 1 aromatic heterocycles. The number of amides is 3. The van der Waals surface area contributed by atoms with Crippen molar-refractivity contribution in [3.8, 4) is 5.75 Å². The summed E-state index contributed by atoms with van der Waals surface area (Å²) in [5.41, 5.74) is 2.12. The van der Waals surface area contributed by atoms with Gasteiger partial charge < -0.3 is 30.0 Å². The summed E-state index contributed by atoms with van der Waals surface area (Å²) in [5.74, 6) is 0.212. The Hall–Kier alpha value is -4.34. The molecule has 1 aliphatic carbocycles. The highest BCUT2D eigenvalue weighted by Gasteiger charge is 2.50. The highest BCUT2D eigenvalue weighted by atomic mass is 16.5. The first kappa shape index (κ1) is 33.0. The average molecular weight is 630 g/mol. The summed E-state index contributed by atoms with van der Waals surface area (Å²) < 4.78 is 11.1. The van der Waals surface area contributed by atoms with E-state index >= 15 is 0 Å². The minimum Gasteiger partial charge on any atom is -0.497 e. The first-order valence-electron chi connectivity index (χ1n) is 16.6. The number of aromatic amines is 1. The van der Waals surface area contributed by atoms with Crippen LogP contribution in [0.15, 0.2) is 67.1 Å². The minimum absolute atomic E-state index is 0.124. The van der Waals surface area contributed by atoms with Crippen LogP contribution in [0.2, 0.25) is 0 Å². The zero-order valence-corrected chi connectivity index (χ0v) is 27.0. The van der Waals surface area contributed by atoms with E-state index in [4.69, 9.17) is 9.47 Å². The molecule has 2 unspecified atom stereocenters. The fourth-order valence-electron chi connectivity index (χ4n) is 7.29. The Balaban J connectivity index is 1.41. The lowest BCUT2D eigenvalue weighted by atomic mass is 9.63. The van der Waals surface area contributed by atoms with Gasteiger partial charge in [-0.2, -0.15) is 0 Å². The van der Waals surface area contributed by atoms with E-state index in [0.29, 0.717) is 51.3 Å². The van der Waals surface area contributed by atoms with Gasteiger partial charge in [-0.1, -0.05) is 61.7 Å². The number of benzene rings is 2. The smallest absolute Gasteiger partial charge is 0.315 e. The van der Waals surface area contributed by atoms with E-state index in [2.05, 4.69) is 20.6 Å². The van der Waals surface area contributed by atoms with Crippen LogP contribution in [0.5, 0.6) is 5.75 Å². The normalized spacial score (nSPS) is 17.8. The predicted octanol–water partition coefficient (Wildman–Crippen LogP) is 5.21. The van der Waals surface area contributed by atoms with E-state index < -0.39 is 23.4 Å². The number of nitrogens with one attached hydrogen (secondary N) is 3. The SMILES string of the molecule is CCOC(=O)C1(C2CCCCC2)CCN(C(=O)C(NC(=O)NCCc2cnc[nH]2)C(c2ccccc2)c2ccc(OC)cc2)CC1. The van der Waals surface area contributed by atoms with E-state index in [9.17, 15) is 14.4 Å². The average Bonchev–Trinajstić information content (AvgIpc) is 3.62. The van der Waals surface area contributed by atoms with Gasteiger partial charge in [0.25, 0.3) is 0 Å². The molecule has 2 aliphatic rings. The number of carbonyl (C=O) groups is 3. The van der Waals surface area contributed by atoms with Gasteiger partial charge in [0.1, 0.15) is 11.8 Å². The van der Waals surface area contributed by atoms with Crippen LogP contribution < -0.4 is 15.4 Å². The van der Waals surface area contributed by atoms with E-state index in [-0.39, 0.29) is 17.8 Å². The third-order valence-corrected chi connectivity index (χ3v) is 9.79. The summed E-state index contributed by atoms with van der Waals surface area (Å²) in [5, 5.41) is 5.98. The number of urea groups is 1. The largest absolute Gasteiger partial charge is 0.497 e. The van der Waals surface area contributed by atoms with Crippen LogP contribution in [0, 0.1) is 11.3 Å². The van der Waals surface area contributed by atoms with Crippen molar-refractivity contribution in [1.29, 1.82) is 0 Å². The molecule has 5 rings (SSSR count). The lowest BCUT2D eigenvalue weighted by Gasteiger charge is -2.46. The number of ether oxygens (including phenoxy) is 2. The second-order valence-electron chi connectivity index (χ2n) is 12.4. The van der Waals surface area contributed by atoms with E-state index in [1.54, 1.807) is 19.6 Å². The van der Waals surface area contributed by atoms with Crippen molar-refractivity contribution < 1.29 is 23.9 Å². The molecule has 3 aromatic rings. The monoisotopic (exact) mass is 629 g/mol. The highest BCUT2D eigenvalue weighted by molar-refractivity contribution is 5.89. The molecule has 2 atom stereocenters. The minimum atomic E-state index is -0.896. The molecule has 46 heavy (non-hydrogen) atoms. The van der Waals surface area contributed by atoms with Gasteiger partial charge in [-0.15, -0.1) is 0 Å². The number of esters is 1. The number of nitrogens with zero attached hydrogens (tertiary/aromatic N) is 2. The van der Waals surface area contributed by atoms with Gasteiger partial charge in [0.2, 0.25) is 5.91 Å². The number of imidazole rings is 1. The van der Waals surface area contributed by atoms with Crippen molar-refractivity contribution in [3.05, 3.63) is 83.9 Å². The molecule has 1 saturated carbocycles. The Kier molecular flexibility index (Phi) is 11.3. The molecule has 2 fully saturated rings. The Morgan fingerprint density at radius 1 is 1.00 bits per heavy atom. The molecule has 1 saturated heterocycles. The summed E-state index contributed by atoms with van der Waals surface area (Å²) in [6.07, 6.45) is 10.5. The Morgan fingerprint density at radius 3 is 2.33 bits per heavy atom. The van der Waals surface area contributed by atoms with Gasteiger partial charge in [-0.25, -0.2) is 9.78 Å². The number of carbonyl (C=O) groups excluding carboxylic acids is 3. The molecular formula is C36H47N5O5. The molecule has 0 bridgehead atoms. The number of aromatic nitrogens is 2. The number of likely N-dealkylation sites (tertiary alicyclic amines) is 1. The number of rotatable bonds is 12. The van der Waals surface area contributed by atoms with E-state index in [0.717, 1.165) is 42.5 Å². The molecule has 3 N–H and O–H groups in total. The number of piperidine rings is 1. The summed E-state index contributed by atoms with van der Waals surface area (Å²) in [6, 6.07) is 16.1. The first-order chi connectivity index (χ1) is 22.4. The summed E-state index contributed by atoms with van der Waals surface area (Å²) in [4.78, 5) is 50.4. The zero-order valence-electron chi connectivity index (χ0n) is 27.0. The lowest BCUT2D eigenvalue weighted by Crippen LogP contribution is -2.57. The zero-order chi connectivity index (χ0) is 32.4. The molecule has 3 amide bonds. The van der Waals surface area contributed by atoms with Crippen LogP contribution in [0.1, 0.15) is 74.6 Å². The van der Waals surface area contributed by atoms with E-state index in [1.807, 2.05) is 66.4 Å². The van der Waals surface area contributed by atoms with Crippen molar-refractivity contribution in [2.75, 3.05) is 33.4 Å². The topological polar surface area (TPSA) is 126 Å². The standard InChI is InChI=1S/C36H47N5O5/c1-3-46-34(43)36(28-12-8-5-9-13-28)19-22-41(23-20-36)33(42)32(40-35(44)38-21-18-29-24-37-25-39-29)31(26-10-6-4-7-11-26)27-14-16-30(45-2)17-15-27/h4,6-7,10-11,14-17,24-25,28,31-32H,3,5,8-9,12-13,18-23H2,1-2H3,(H,37,39)(H2,38,40,44). The van der Waals surface area contributed by atoms with Crippen molar-refractivity contribution in [3.63, 3.8) is 0 Å². The molecule has 2 aromatic carbocycles. The lowest BCUT2D eigenvalue weighted by molar-refractivity contribution is -0.166. The van der Waals surface area contributed by atoms with Crippen molar-refractivity contribution in [2.45, 2.75) is 70.3 Å². The van der Waals surface area contributed by atoms with Gasteiger partial charge in [-0.3, -0.25) is 9.59 Å². The highest BCUT2D eigenvalue weighted by Crippen LogP contribution is 2.47. The summed E-state index contributed by atoms with van der Waals surface area (Å²) in [6.45, 7) is 3.43. The van der Waals surface area contributed by atoms with Crippen molar-refractivity contribution >= 4 is 17.9 Å². The van der Waals surface area contributed by atoms with Crippen LogP contribution in [0.25, 0.3) is 0 Å². The fraction of sp³-hybridized carbons (Fsp3) is 0.500. The third-order valence-electron chi connectivity index (χ3n) is 9.79. The number of H-pyrrole nitrogens is 1. The van der Waals surface area contributed by atoms with Crippen LogP contribution in [0.3, 0.4) is 0 Å². The second kappa shape index (κ2) is 15.8. The van der Waals surface area contributed by atoms with E-state index in [1.165, 1.54) is 6.42 Å². The number of hydrogen-bond donors (Lipinski definition) is 3. The molecule has 10 heteroatoms. The molecule has 1 aliphatic heterocycles. The number of methoxy groups -OCH3 is 1. The van der Waals surface area contributed by atoms with Gasteiger partial charge in [0.15, 0.2) is 0 Å². The first-order valence-corrected chi connectivity index (χ1v) is 16.6. The Labute approximate surface area is 271 Å². The third kappa shape index (κ3) is 7.71. The van der Waals surface area contributed by atoms with Crippen LogP contribution in [-0.4, -0.2) is 72.2 Å². The van der Waals surface area contributed by atoms with Crippen LogP contribution in [-0.2, 0) is 20.7 Å². The van der Waals surface area contributed by atoms with Crippen LogP contribution >= 0.6 is 0 Å². The molecular weight excluding hydrogens is 582 g/mol.